The van der Waals surface area contributed by atoms with Crippen LogP contribution in [0.4, 0.5) is 0 Å². The zero-order chi connectivity index (χ0) is 8.27. The number of hydrogen-bond acceptors (Lipinski definition) is 3. The van der Waals surface area contributed by atoms with Crippen LogP contribution in [-0.4, -0.2) is 43.5 Å². The van der Waals surface area contributed by atoms with Gasteiger partial charge in [0.25, 0.3) is 0 Å². The average Bonchev–Trinajstić information content (AvgIpc) is 2.35. The number of carbonyl (C=O) groups excluding carboxylic acids is 1. The highest BCUT2D eigenvalue weighted by atomic mass is 16.5. The number of hydrogen-bond donors (Lipinski definition) is 0. The molecule has 0 spiro atoms. The quantitative estimate of drug-likeness (QED) is 0.590. The molecule has 1 aliphatic rings. The maximum atomic E-state index is 10.7. The molecule has 0 N–H and O–H groups in total. The van der Waals surface area contributed by atoms with Gasteiger partial charge in [-0.1, -0.05) is 0 Å². The van der Waals surface area contributed by atoms with Crippen molar-refractivity contribution in [1.82, 2.24) is 4.90 Å². The third-order valence-corrected chi connectivity index (χ3v) is 2.00. The Kier molecular flexibility index (Phi) is 3.02. The largest absolute Gasteiger partial charge is 0.380 e. The molecule has 0 unspecified atom stereocenters. The van der Waals surface area contributed by atoms with Gasteiger partial charge in [0.2, 0.25) is 0 Å². The second kappa shape index (κ2) is 3.83. The van der Waals surface area contributed by atoms with Gasteiger partial charge in [-0.3, -0.25) is 9.69 Å². The van der Waals surface area contributed by atoms with Crippen molar-refractivity contribution in [2.24, 2.45) is 0 Å². The van der Waals surface area contributed by atoms with Crippen molar-refractivity contribution in [3.8, 4) is 0 Å². The lowest BCUT2D eigenvalue weighted by molar-refractivity contribution is -0.118. The third-order valence-electron chi connectivity index (χ3n) is 2.00. The van der Waals surface area contributed by atoms with Gasteiger partial charge in [0.05, 0.1) is 13.2 Å². The van der Waals surface area contributed by atoms with Crippen LogP contribution in [0.2, 0.25) is 0 Å². The summed E-state index contributed by atoms with van der Waals surface area (Å²) >= 11 is 0. The van der Waals surface area contributed by atoms with Gasteiger partial charge in [0, 0.05) is 12.6 Å². The predicted molar refractivity (Wildman–Crippen MR) is 42.5 cm³/mol. The highest BCUT2D eigenvalue weighted by Gasteiger charge is 2.20. The Labute approximate surface area is 67.3 Å². The van der Waals surface area contributed by atoms with Crippen molar-refractivity contribution in [2.75, 3.05) is 26.8 Å². The number of carbonyl (C=O) groups is 1. The summed E-state index contributed by atoms with van der Waals surface area (Å²) in [5, 5.41) is 0. The van der Waals surface area contributed by atoms with Gasteiger partial charge in [-0.15, -0.1) is 0 Å². The molecule has 1 heterocycles. The lowest BCUT2D eigenvalue weighted by Gasteiger charge is -2.20. The van der Waals surface area contributed by atoms with E-state index in [1.54, 1.807) is 6.92 Å². The average molecular weight is 157 g/mol. The monoisotopic (exact) mass is 157 g/mol. The summed E-state index contributed by atoms with van der Waals surface area (Å²) in [6, 6.07) is 0.457. The Balaban J connectivity index is 2.28. The Morgan fingerprint density at radius 1 is 1.73 bits per heavy atom. The second-order valence-corrected chi connectivity index (χ2v) is 3.13. The number of Topliss-reactive ketones (excluding diaryl/α,β-unsaturated/α-hetero) is 1. The molecular formula is C8H15NO2. The fourth-order valence-corrected chi connectivity index (χ4v) is 1.35. The SMILES string of the molecule is CC(=O)CN(C)[C@H]1CCOC1. The van der Waals surface area contributed by atoms with E-state index < -0.39 is 0 Å². The fraction of sp³-hybridized carbons (Fsp3) is 0.875. The van der Waals surface area contributed by atoms with E-state index in [4.69, 9.17) is 4.74 Å². The van der Waals surface area contributed by atoms with Crippen molar-refractivity contribution in [1.29, 1.82) is 0 Å². The van der Waals surface area contributed by atoms with Crippen molar-refractivity contribution in [3.05, 3.63) is 0 Å². The summed E-state index contributed by atoms with van der Waals surface area (Å²) in [6.07, 6.45) is 1.06. The van der Waals surface area contributed by atoms with E-state index in [9.17, 15) is 4.79 Å². The first-order valence-electron chi connectivity index (χ1n) is 3.97. The van der Waals surface area contributed by atoms with Crippen molar-refractivity contribution >= 4 is 5.78 Å². The van der Waals surface area contributed by atoms with Gasteiger partial charge in [-0.25, -0.2) is 0 Å². The van der Waals surface area contributed by atoms with E-state index in [0.29, 0.717) is 12.6 Å². The summed E-state index contributed by atoms with van der Waals surface area (Å²) in [6.45, 7) is 3.79. The molecule has 0 amide bonds. The van der Waals surface area contributed by atoms with E-state index >= 15 is 0 Å². The van der Waals surface area contributed by atoms with Crippen LogP contribution in [-0.2, 0) is 9.53 Å². The molecule has 1 fully saturated rings. The van der Waals surface area contributed by atoms with Gasteiger partial charge in [-0.2, -0.15) is 0 Å². The molecule has 1 atom stereocenters. The number of ketones is 1. The normalized spacial score (nSPS) is 24.5. The summed E-state index contributed by atoms with van der Waals surface area (Å²) in [5.74, 6) is 0.222. The second-order valence-electron chi connectivity index (χ2n) is 3.13. The summed E-state index contributed by atoms with van der Waals surface area (Å²) in [4.78, 5) is 12.8. The lowest BCUT2D eigenvalue weighted by Crippen LogP contribution is -2.35. The molecule has 0 bridgehead atoms. The minimum absolute atomic E-state index is 0.222. The number of nitrogens with zero attached hydrogens (tertiary/aromatic N) is 1. The van der Waals surface area contributed by atoms with Gasteiger partial charge in [0.15, 0.2) is 0 Å². The molecule has 3 heteroatoms. The molecule has 1 aliphatic heterocycles. The van der Waals surface area contributed by atoms with Gasteiger partial charge in [-0.05, 0) is 20.4 Å². The Morgan fingerprint density at radius 3 is 2.91 bits per heavy atom. The van der Waals surface area contributed by atoms with Crippen LogP contribution in [0.3, 0.4) is 0 Å². The van der Waals surface area contributed by atoms with Crippen LogP contribution in [0.1, 0.15) is 13.3 Å². The topological polar surface area (TPSA) is 29.5 Å². The fourth-order valence-electron chi connectivity index (χ4n) is 1.35. The van der Waals surface area contributed by atoms with E-state index in [1.807, 2.05) is 7.05 Å². The van der Waals surface area contributed by atoms with E-state index in [2.05, 4.69) is 4.90 Å². The molecule has 0 radical (unpaired) electrons. The number of likely N-dealkylation sites (N-methyl/N-ethyl adjacent to an activating group) is 1. The molecular weight excluding hydrogens is 142 g/mol. The highest BCUT2D eigenvalue weighted by Crippen LogP contribution is 2.09. The Bertz CT molecular complexity index is 141. The Morgan fingerprint density at radius 2 is 2.45 bits per heavy atom. The van der Waals surface area contributed by atoms with Crippen molar-refractivity contribution < 1.29 is 9.53 Å². The van der Waals surface area contributed by atoms with E-state index in [0.717, 1.165) is 19.6 Å². The van der Waals surface area contributed by atoms with Crippen molar-refractivity contribution in [2.45, 2.75) is 19.4 Å². The zero-order valence-corrected chi connectivity index (χ0v) is 7.17. The minimum Gasteiger partial charge on any atom is -0.380 e. The van der Waals surface area contributed by atoms with Crippen LogP contribution >= 0.6 is 0 Å². The molecule has 1 rings (SSSR count). The smallest absolute Gasteiger partial charge is 0.143 e. The van der Waals surface area contributed by atoms with Crippen LogP contribution in [0.25, 0.3) is 0 Å². The van der Waals surface area contributed by atoms with Gasteiger partial charge >= 0.3 is 0 Å². The first-order valence-corrected chi connectivity index (χ1v) is 3.97. The predicted octanol–water partition coefficient (Wildman–Crippen LogP) is 0.296. The Hall–Kier alpha value is -0.410. The molecule has 0 saturated carbocycles. The lowest BCUT2D eigenvalue weighted by atomic mass is 10.2. The number of ether oxygens (including phenoxy) is 1. The van der Waals surface area contributed by atoms with Crippen LogP contribution < -0.4 is 0 Å². The number of rotatable bonds is 3. The molecule has 0 aromatic heterocycles. The molecule has 0 aliphatic carbocycles. The highest BCUT2D eigenvalue weighted by molar-refractivity contribution is 5.77. The first-order chi connectivity index (χ1) is 5.20. The van der Waals surface area contributed by atoms with E-state index in [-0.39, 0.29) is 5.78 Å². The van der Waals surface area contributed by atoms with Crippen LogP contribution in [0.15, 0.2) is 0 Å². The zero-order valence-electron chi connectivity index (χ0n) is 7.17. The molecule has 11 heavy (non-hydrogen) atoms. The molecule has 0 aromatic carbocycles. The maximum Gasteiger partial charge on any atom is 0.143 e. The standard InChI is InChI=1S/C8H15NO2/c1-7(10)5-9(2)8-3-4-11-6-8/h8H,3-6H2,1-2H3/t8-/m0/s1. The molecule has 3 nitrogen and oxygen atoms in total. The first kappa shape index (κ1) is 8.68. The maximum absolute atomic E-state index is 10.7. The molecule has 64 valence electrons. The minimum atomic E-state index is 0.222. The van der Waals surface area contributed by atoms with Crippen LogP contribution in [0.5, 0.6) is 0 Å². The summed E-state index contributed by atoms with van der Waals surface area (Å²) in [7, 11) is 1.97. The summed E-state index contributed by atoms with van der Waals surface area (Å²) in [5.41, 5.74) is 0. The molecule has 0 aromatic rings. The van der Waals surface area contributed by atoms with Gasteiger partial charge < -0.3 is 4.74 Å². The third kappa shape index (κ3) is 2.60. The molecule has 1 saturated heterocycles. The van der Waals surface area contributed by atoms with Crippen LogP contribution in [0, 0.1) is 0 Å². The van der Waals surface area contributed by atoms with Gasteiger partial charge in [0.1, 0.15) is 5.78 Å². The van der Waals surface area contributed by atoms with Crippen molar-refractivity contribution in [3.63, 3.8) is 0 Å². The van der Waals surface area contributed by atoms with E-state index in [1.165, 1.54) is 0 Å². The summed E-state index contributed by atoms with van der Waals surface area (Å²) < 4.78 is 5.21.